The van der Waals surface area contributed by atoms with Gasteiger partial charge in [-0.3, -0.25) is 4.79 Å². The number of rotatable bonds is 10. The number of nitrogens with one attached hydrogen (secondary N) is 1. The van der Waals surface area contributed by atoms with Crippen molar-refractivity contribution in [2.24, 2.45) is 5.92 Å². The highest BCUT2D eigenvalue weighted by Crippen LogP contribution is 2.37. The second kappa shape index (κ2) is 14.9. The van der Waals surface area contributed by atoms with E-state index in [1.165, 1.54) is 18.2 Å². The van der Waals surface area contributed by atoms with Crippen LogP contribution >= 0.6 is 23.4 Å². The number of benzene rings is 3. The third-order valence-electron chi connectivity index (χ3n) is 8.23. The first-order valence-electron chi connectivity index (χ1n) is 15.1. The van der Waals surface area contributed by atoms with Crippen LogP contribution in [0.1, 0.15) is 61.8 Å². The summed E-state index contributed by atoms with van der Waals surface area (Å²) < 4.78 is 11.8. The minimum Gasteiger partial charge on any atom is -0.494 e. The Morgan fingerprint density at radius 3 is 2.49 bits per heavy atom. The van der Waals surface area contributed by atoms with E-state index in [0.717, 1.165) is 53.1 Å². The zero-order valence-electron chi connectivity index (χ0n) is 24.3. The monoisotopic (exact) mass is 625 g/mol. The first-order valence-corrected chi connectivity index (χ1v) is 16.4. The number of halogens is 1. The number of carbonyl (C=O) groups excluding carboxylic acids is 1. The standard InChI is InChI=1S/C34H40ClNO6S/c1-2-41-26-14-11-21(12-15-26)17-24-18-23(13-16-28(24)35)33-32(39)31(38)30(37)29(42-33)20-43-27-10-6-9-25(19-27)36-34(40)22-7-4-3-5-8-22/h6,9-16,18-19,22,29-33,37-39H,2-5,7-8,17,20H2,1H3,(H,36,40)/t29-,30-,31+,32-,33+/m1/s1. The Morgan fingerprint density at radius 2 is 1.74 bits per heavy atom. The highest BCUT2D eigenvalue weighted by atomic mass is 35.5. The minimum absolute atomic E-state index is 0.0648. The summed E-state index contributed by atoms with van der Waals surface area (Å²) in [5, 5.41) is 36.1. The number of aliphatic hydroxyl groups excluding tert-OH is 3. The molecule has 9 heteroatoms. The third kappa shape index (κ3) is 8.12. The van der Waals surface area contributed by atoms with Gasteiger partial charge in [-0.1, -0.05) is 61.2 Å². The molecule has 5 rings (SSSR count). The van der Waals surface area contributed by atoms with Gasteiger partial charge in [0, 0.05) is 27.3 Å². The number of thioether (sulfide) groups is 1. The minimum atomic E-state index is -1.38. The average molecular weight is 626 g/mol. The van der Waals surface area contributed by atoms with Crippen molar-refractivity contribution in [3.05, 3.63) is 88.4 Å². The van der Waals surface area contributed by atoms with Crippen LogP contribution in [0.25, 0.3) is 0 Å². The van der Waals surface area contributed by atoms with Gasteiger partial charge in [-0.05, 0) is 79.3 Å². The Bertz CT molecular complexity index is 1370. The quantitative estimate of drug-likeness (QED) is 0.200. The molecule has 2 fully saturated rings. The number of anilines is 1. The van der Waals surface area contributed by atoms with E-state index in [2.05, 4.69) is 5.32 Å². The van der Waals surface area contributed by atoms with Gasteiger partial charge in [0.2, 0.25) is 5.91 Å². The van der Waals surface area contributed by atoms with Gasteiger partial charge in [0.25, 0.3) is 0 Å². The number of aliphatic hydroxyl groups is 3. The molecule has 0 aromatic heterocycles. The van der Waals surface area contributed by atoms with Crippen LogP contribution in [0.2, 0.25) is 5.02 Å². The first kappa shape index (κ1) is 31.8. The molecule has 3 aromatic rings. The van der Waals surface area contributed by atoms with Crippen LogP contribution in [0, 0.1) is 5.92 Å². The maximum absolute atomic E-state index is 12.7. The summed E-state index contributed by atoms with van der Waals surface area (Å²) in [7, 11) is 0. The molecule has 1 aliphatic carbocycles. The van der Waals surface area contributed by atoms with Crippen molar-refractivity contribution in [1.82, 2.24) is 0 Å². The van der Waals surface area contributed by atoms with E-state index in [9.17, 15) is 20.1 Å². The van der Waals surface area contributed by atoms with Crippen molar-refractivity contribution >= 4 is 35.0 Å². The van der Waals surface area contributed by atoms with Crippen LogP contribution in [0.4, 0.5) is 5.69 Å². The van der Waals surface area contributed by atoms with Gasteiger partial charge in [-0.15, -0.1) is 11.8 Å². The highest BCUT2D eigenvalue weighted by Gasteiger charge is 2.44. The highest BCUT2D eigenvalue weighted by molar-refractivity contribution is 7.99. The molecule has 0 radical (unpaired) electrons. The number of carbonyl (C=O) groups is 1. The fraction of sp³-hybridized carbons (Fsp3) is 0.441. The Labute approximate surface area is 262 Å². The molecule has 2 aliphatic rings. The van der Waals surface area contributed by atoms with Gasteiger partial charge in [0.1, 0.15) is 30.2 Å². The van der Waals surface area contributed by atoms with E-state index in [0.29, 0.717) is 29.4 Å². The molecule has 4 N–H and O–H groups in total. The van der Waals surface area contributed by atoms with Crippen LogP contribution in [-0.2, 0) is 16.0 Å². The number of amides is 1. The molecule has 0 unspecified atom stereocenters. The largest absolute Gasteiger partial charge is 0.494 e. The molecule has 43 heavy (non-hydrogen) atoms. The molecule has 1 saturated heterocycles. The SMILES string of the molecule is CCOc1ccc(Cc2cc([C@@H]3O[C@H](CSc4cccc(NC(=O)C5CCCCC5)c4)[C@@H](O)[C@H](O)[C@H]3O)ccc2Cl)cc1. The van der Waals surface area contributed by atoms with E-state index in [-0.39, 0.29) is 11.8 Å². The Balaban J connectivity index is 1.25. The Morgan fingerprint density at radius 1 is 0.977 bits per heavy atom. The lowest BCUT2D eigenvalue weighted by atomic mass is 9.88. The van der Waals surface area contributed by atoms with Gasteiger partial charge in [0.15, 0.2) is 0 Å². The zero-order valence-corrected chi connectivity index (χ0v) is 25.9. The van der Waals surface area contributed by atoms with E-state index in [1.54, 1.807) is 12.1 Å². The predicted octanol–water partition coefficient (Wildman–Crippen LogP) is 6.16. The average Bonchev–Trinajstić information content (AvgIpc) is 3.02. The zero-order chi connectivity index (χ0) is 30.3. The van der Waals surface area contributed by atoms with Crippen molar-refractivity contribution in [3.8, 4) is 5.75 Å². The van der Waals surface area contributed by atoms with Crippen molar-refractivity contribution < 1.29 is 29.6 Å². The Kier molecular flexibility index (Phi) is 11.0. The van der Waals surface area contributed by atoms with Gasteiger partial charge >= 0.3 is 0 Å². The lowest BCUT2D eigenvalue weighted by Crippen LogP contribution is -2.54. The van der Waals surface area contributed by atoms with E-state index < -0.39 is 30.5 Å². The van der Waals surface area contributed by atoms with Crippen molar-refractivity contribution in [2.45, 2.75) is 80.9 Å². The number of hydrogen-bond donors (Lipinski definition) is 4. The van der Waals surface area contributed by atoms with E-state index >= 15 is 0 Å². The second-order valence-electron chi connectivity index (χ2n) is 11.3. The number of hydrogen-bond acceptors (Lipinski definition) is 7. The molecule has 7 nitrogen and oxygen atoms in total. The maximum atomic E-state index is 12.7. The number of ether oxygens (including phenoxy) is 2. The molecule has 3 aromatic carbocycles. The fourth-order valence-corrected chi connectivity index (χ4v) is 7.01. The molecule has 1 heterocycles. The summed E-state index contributed by atoms with van der Waals surface area (Å²) in [6.45, 7) is 2.54. The summed E-state index contributed by atoms with van der Waals surface area (Å²) in [6, 6.07) is 20.9. The van der Waals surface area contributed by atoms with E-state index in [4.69, 9.17) is 21.1 Å². The summed E-state index contributed by atoms with van der Waals surface area (Å²) in [5.74, 6) is 1.28. The van der Waals surface area contributed by atoms with Gasteiger partial charge < -0.3 is 30.1 Å². The first-order chi connectivity index (χ1) is 20.8. The van der Waals surface area contributed by atoms with Crippen LogP contribution in [0.5, 0.6) is 5.75 Å². The topological polar surface area (TPSA) is 108 Å². The van der Waals surface area contributed by atoms with E-state index in [1.807, 2.05) is 61.5 Å². The fourth-order valence-electron chi connectivity index (χ4n) is 5.81. The molecule has 1 saturated carbocycles. The smallest absolute Gasteiger partial charge is 0.227 e. The second-order valence-corrected chi connectivity index (χ2v) is 12.8. The molecule has 1 amide bonds. The summed E-state index contributed by atoms with van der Waals surface area (Å²) in [4.78, 5) is 13.6. The van der Waals surface area contributed by atoms with Crippen molar-refractivity contribution in [2.75, 3.05) is 17.7 Å². The van der Waals surface area contributed by atoms with Crippen molar-refractivity contribution in [1.29, 1.82) is 0 Å². The molecular weight excluding hydrogens is 586 g/mol. The van der Waals surface area contributed by atoms with Crippen LogP contribution < -0.4 is 10.1 Å². The summed E-state index contributed by atoms with van der Waals surface area (Å²) >= 11 is 8.00. The van der Waals surface area contributed by atoms with Crippen LogP contribution in [0.3, 0.4) is 0 Å². The molecule has 230 valence electrons. The molecule has 0 spiro atoms. The third-order valence-corrected chi connectivity index (χ3v) is 9.68. The normalized spacial score (nSPS) is 24.4. The molecule has 0 bridgehead atoms. The molecule has 1 aliphatic heterocycles. The summed E-state index contributed by atoms with van der Waals surface area (Å²) in [6.07, 6.45) is 0.292. The maximum Gasteiger partial charge on any atom is 0.227 e. The van der Waals surface area contributed by atoms with Crippen LogP contribution in [-0.4, -0.2) is 58.0 Å². The van der Waals surface area contributed by atoms with Gasteiger partial charge in [-0.2, -0.15) is 0 Å². The van der Waals surface area contributed by atoms with Crippen LogP contribution in [0.15, 0.2) is 71.6 Å². The molecular formula is C34H40ClNO6S. The predicted molar refractivity (Wildman–Crippen MR) is 170 cm³/mol. The van der Waals surface area contributed by atoms with Gasteiger partial charge in [0.05, 0.1) is 12.7 Å². The summed E-state index contributed by atoms with van der Waals surface area (Å²) in [5.41, 5.74) is 3.32. The van der Waals surface area contributed by atoms with Crippen molar-refractivity contribution in [3.63, 3.8) is 0 Å². The lowest BCUT2D eigenvalue weighted by molar-refractivity contribution is -0.218. The lowest BCUT2D eigenvalue weighted by Gasteiger charge is -2.41. The molecule has 5 atom stereocenters. The van der Waals surface area contributed by atoms with Gasteiger partial charge in [-0.25, -0.2) is 0 Å². The Hall–Kier alpha value is -2.59.